The second-order valence-corrected chi connectivity index (χ2v) is 9.71. The predicted octanol–water partition coefficient (Wildman–Crippen LogP) is 8.63. The second kappa shape index (κ2) is 19.1. The first-order chi connectivity index (χ1) is 17.3. The Morgan fingerprint density at radius 1 is 0.778 bits per heavy atom. The van der Waals surface area contributed by atoms with Crippen molar-refractivity contribution in [2.24, 2.45) is 0 Å². The maximum Gasteiger partial charge on any atom is 0.417 e. The lowest BCUT2D eigenvalue weighted by molar-refractivity contribution is -0.145. The summed E-state index contributed by atoms with van der Waals surface area (Å²) >= 11 is 0. The van der Waals surface area contributed by atoms with Crippen LogP contribution in [0.25, 0.3) is 0 Å². The van der Waals surface area contributed by atoms with Crippen LogP contribution in [0, 0.1) is 0 Å². The highest BCUT2D eigenvalue weighted by atomic mass is 19.4. The normalized spacial score (nSPS) is 12.4. The molecule has 0 saturated heterocycles. The van der Waals surface area contributed by atoms with Gasteiger partial charge in [0.1, 0.15) is 6.04 Å². The molecule has 0 aliphatic heterocycles. The van der Waals surface area contributed by atoms with Gasteiger partial charge in [-0.2, -0.15) is 13.2 Å². The summed E-state index contributed by atoms with van der Waals surface area (Å²) in [7, 11) is 0. The highest BCUT2D eigenvalue weighted by Gasteiger charge is 2.35. The molecule has 4 nitrogen and oxygen atoms in total. The molecule has 1 aromatic rings. The van der Waals surface area contributed by atoms with Crippen LogP contribution < -0.4 is 5.32 Å². The van der Waals surface area contributed by atoms with Crippen molar-refractivity contribution in [2.45, 2.75) is 129 Å². The molecule has 1 aromatic carbocycles. The van der Waals surface area contributed by atoms with E-state index >= 15 is 0 Å². The van der Waals surface area contributed by atoms with Crippen LogP contribution in [0.4, 0.5) is 13.2 Å². The molecule has 0 fully saturated rings. The third-order valence-electron chi connectivity index (χ3n) is 6.42. The summed E-state index contributed by atoms with van der Waals surface area (Å²) in [6.07, 6.45) is 15.4. The van der Waals surface area contributed by atoms with Crippen LogP contribution in [0.2, 0.25) is 0 Å². The van der Waals surface area contributed by atoms with Gasteiger partial charge in [0.2, 0.25) is 0 Å². The fourth-order valence-electron chi connectivity index (χ4n) is 4.21. The zero-order valence-electron chi connectivity index (χ0n) is 22.3. The lowest BCUT2D eigenvalue weighted by atomic mass is 10.0. The number of rotatable bonds is 20. The van der Waals surface area contributed by atoms with Crippen molar-refractivity contribution in [3.63, 3.8) is 0 Å². The number of benzene rings is 1. The lowest BCUT2D eigenvalue weighted by Crippen LogP contribution is -2.40. The van der Waals surface area contributed by atoms with Crippen molar-refractivity contribution < 1.29 is 27.5 Å². The molecule has 0 saturated carbocycles. The Kier molecular flexibility index (Phi) is 17.0. The smallest absolute Gasteiger partial charge is 0.417 e. The Bertz CT molecular complexity index is 737. The van der Waals surface area contributed by atoms with E-state index < -0.39 is 35.2 Å². The van der Waals surface area contributed by atoms with Gasteiger partial charge in [-0.15, -0.1) is 0 Å². The SMILES string of the molecule is CCCCCCCCCCCCCCCCCCOC(=O)C(C)NC(=O)c1ccccc1C(F)(F)F. The zero-order valence-corrected chi connectivity index (χ0v) is 22.3. The molecule has 7 heteroatoms. The molecule has 0 heterocycles. The molecular formula is C29H46F3NO3. The summed E-state index contributed by atoms with van der Waals surface area (Å²) < 4.78 is 44.4. The van der Waals surface area contributed by atoms with Gasteiger partial charge in [0, 0.05) is 0 Å². The molecule has 36 heavy (non-hydrogen) atoms. The van der Waals surface area contributed by atoms with Gasteiger partial charge >= 0.3 is 12.1 Å². The molecule has 1 unspecified atom stereocenters. The first-order valence-corrected chi connectivity index (χ1v) is 13.9. The molecule has 0 aliphatic rings. The second-order valence-electron chi connectivity index (χ2n) is 9.71. The first-order valence-electron chi connectivity index (χ1n) is 13.9. The standard InChI is InChI=1S/C29H46F3NO3/c1-3-4-5-6-7-8-9-10-11-12-13-14-15-16-17-20-23-36-28(35)24(2)33-27(34)25-21-18-19-22-26(25)29(30,31)32/h18-19,21-22,24H,3-17,20,23H2,1-2H3,(H,33,34). The zero-order chi connectivity index (χ0) is 26.7. The van der Waals surface area contributed by atoms with Crippen LogP contribution >= 0.6 is 0 Å². The Labute approximate surface area is 215 Å². The van der Waals surface area contributed by atoms with Crippen LogP contribution in [0.3, 0.4) is 0 Å². The highest BCUT2D eigenvalue weighted by molar-refractivity contribution is 5.98. The van der Waals surface area contributed by atoms with E-state index in [2.05, 4.69) is 12.2 Å². The van der Waals surface area contributed by atoms with Crippen LogP contribution in [-0.2, 0) is 15.7 Å². The van der Waals surface area contributed by atoms with Gasteiger partial charge in [-0.1, -0.05) is 115 Å². The molecule has 1 N–H and O–H groups in total. The van der Waals surface area contributed by atoms with Crippen molar-refractivity contribution in [1.82, 2.24) is 5.32 Å². The van der Waals surface area contributed by atoms with Crippen LogP contribution in [-0.4, -0.2) is 24.5 Å². The fraction of sp³-hybridized carbons (Fsp3) is 0.724. The van der Waals surface area contributed by atoms with Gasteiger partial charge < -0.3 is 10.1 Å². The number of unbranched alkanes of at least 4 members (excludes halogenated alkanes) is 15. The average molecular weight is 514 g/mol. The number of nitrogens with one attached hydrogen (secondary N) is 1. The van der Waals surface area contributed by atoms with Crippen LogP contribution in [0.5, 0.6) is 0 Å². The van der Waals surface area contributed by atoms with Crippen molar-refractivity contribution in [2.75, 3.05) is 6.61 Å². The summed E-state index contributed by atoms with van der Waals surface area (Å²) in [4.78, 5) is 24.3. The van der Waals surface area contributed by atoms with E-state index in [1.807, 2.05) is 0 Å². The largest absolute Gasteiger partial charge is 0.464 e. The number of amides is 1. The van der Waals surface area contributed by atoms with Gasteiger partial charge in [-0.05, 0) is 25.5 Å². The summed E-state index contributed by atoms with van der Waals surface area (Å²) in [6.45, 7) is 3.90. The molecule has 0 aliphatic carbocycles. The van der Waals surface area contributed by atoms with Gasteiger partial charge in [-0.25, -0.2) is 4.79 Å². The molecule has 1 rings (SSSR count). The van der Waals surface area contributed by atoms with Crippen molar-refractivity contribution in [1.29, 1.82) is 0 Å². The lowest BCUT2D eigenvalue weighted by Gasteiger charge is -2.16. The van der Waals surface area contributed by atoms with Crippen LogP contribution in [0.15, 0.2) is 24.3 Å². The minimum Gasteiger partial charge on any atom is -0.464 e. The topological polar surface area (TPSA) is 55.4 Å². The molecule has 0 radical (unpaired) electrons. The molecule has 0 bridgehead atoms. The monoisotopic (exact) mass is 513 g/mol. The van der Waals surface area contributed by atoms with E-state index in [4.69, 9.17) is 4.74 Å². The molecule has 1 amide bonds. The van der Waals surface area contributed by atoms with E-state index in [0.717, 1.165) is 31.4 Å². The Morgan fingerprint density at radius 3 is 1.69 bits per heavy atom. The number of alkyl halides is 3. The number of halogens is 3. The fourth-order valence-corrected chi connectivity index (χ4v) is 4.21. The maximum absolute atomic E-state index is 13.1. The minimum absolute atomic E-state index is 0.247. The number of hydrogen-bond acceptors (Lipinski definition) is 3. The maximum atomic E-state index is 13.1. The van der Waals surface area contributed by atoms with Gasteiger partial charge in [-0.3, -0.25) is 4.79 Å². The van der Waals surface area contributed by atoms with E-state index in [0.29, 0.717) is 0 Å². The summed E-state index contributed by atoms with van der Waals surface area (Å²) in [5.41, 5.74) is -1.54. The van der Waals surface area contributed by atoms with Crippen molar-refractivity contribution >= 4 is 11.9 Å². The molecule has 0 aromatic heterocycles. The average Bonchev–Trinajstić information content (AvgIpc) is 2.85. The number of carbonyl (C=O) groups is 2. The predicted molar refractivity (Wildman–Crippen MR) is 139 cm³/mol. The molecular weight excluding hydrogens is 467 g/mol. The Balaban J connectivity index is 2.03. The van der Waals surface area contributed by atoms with E-state index in [-0.39, 0.29) is 6.61 Å². The molecule has 206 valence electrons. The van der Waals surface area contributed by atoms with Gasteiger partial charge in [0.15, 0.2) is 0 Å². The number of carbonyl (C=O) groups excluding carboxylic acids is 2. The van der Waals surface area contributed by atoms with E-state index in [1.54, 1.807) is 0 Å². The third-order valence-corrected chi connectivity index (χ3v) is 6.42. The van der Waals surface area contributed by atoms with Crippen LogP contribution in [0.1, 0.15) is 133 Å². The number of ether oxygens (including phenoxy) is 1. The number of hydrogen-bond donors (Lipinski definition) is 1. The highest BCUT2D eigenvalue weighted by Crippen LogP contribution is 2.31. The molecule has 1 atom stereocenters. The van der Waals surface area contributed by atoms with Crippen molar-refractivity contribution in [3.05, 3.63) is 35.4 Å². The Hall–Kier alpha value is -2.05. The number of esters is 1. The van der Waals surface area contributed by atoms with Gasteiger partial charge in [0.25, 0.3) is 5.91 Å². The Morgan fingerprint density at radius 2 is 1.22 bits per heavy atom. The molecule has 0 spiro atoms. The van der Waals surface area contributed by atoms with E-state index in [9.17, 15) is 22.8 Å². The minimum atomic E-state index is -4.65. The summed E-state index contributed by atoms with van der Waals surface area (Å²) in [5, 5.41) is 2.30. The summed E-state index contributed by atoms with van der Waals surface area (Å²) in [5.74, 6) is -1.59. The summed E-state index contributed by atoms with van der Waals surface area (Å²) in [6, 6.07) is 3.47. The van der Waals surface area contributed by atoms with E-state index in [1.165, 1.54) is 103 Å². The first kappa shape index (κ1) is 32.0. The third kappa shape index (κ3) is 14.5. The van der Waals surface area contributed by atoms with Gasteiger partial charge in [0.05, 0.1) is 17.7 Å². The van der Waals surface area contributed by atoms with Crippen molar-refractivity contribution in [3.8, 4) is 0 Å². The quantitative estimate of drug-likeness (QED) is 0.140.